The zero-order valence-corrected chi connectivity index (χ0v) is 12.9. The monoisotopic (exact) mass is 278 g/mol. The summed E-state index contributed by atoms with van der Waals surface area (Å²) in [6.07, 6.45) is 2.34. The Hall–Kier alpha value is -1.29. The second-order valence-electron chi connectivity index (χ2n) is 5.50. The van der Waals surface area contributed by atoms with Gasteiger partial charge in [-0.3, -0.25) is 0 Å². The van der Waals surface area contributed by atoms with Crippen LogP contribution in [-0.2, 0) is 0 Å². The van der Waals surface area contributed by atoms with E-state index in [1.54, 1.807) is 7.11 Å². The number of rotatable bonds is 5. The fourth-order valence-electron chi connectivity index (χ4n) is 2.37. The van der Waals surface area contributed by atoms with Gasteiger partial charge in [0.2, 0.25) is 0 Å². The molecule has 1 aromatic carbocycles. The first kappa shape index (κ1) is 14.1. The Balaban J connectivity index is 2.40. The van der Waals surface area contributed by atoms with E-state index in [-0.39, 0.29) is 0 Å². The van der Waals surface area contributed by atoms with Gasteiger partial charge < -0.3 is 14.3 Å². The summed E-state index contributed by atoms with van der Waals surface area (Å²) in [5, 5.41) is 0. The maximum absolute atomic E-state index is 5.46. The summed E-state index contributed by atoms with van der Waals surface area (Å²) in [7, 11) is 1.69. The Labute approximate surface area is 119 Å². The van der Waals surface area contributed by atoms with Gasteiger partial charge >= 0.3 is 0 Å². The molecule has 1 unspecified atom stereocenters. The van der Waals surface area contributed by atoms with E-state index < -0.39 is 0 Å². The molecule has 1 heterocycles. The van der Waals surface area contributed by atoms with E-state index in [1.165, 1.54) is 6.42 Å². The van der Waals surface area contributed by atoms with Crippen LogP contribution in [0.5, 0.6) is 5.75 Å². The third-order valence-electron chi connectivity index (χ3n) is 3.53. The molecule has 0 aliphatic carbocycles. The quantitative estimate of drug-likeness (QED) is 0.803. The number of H-pyrrole nitrogens is 1. The number of benzene rings is 1. The lowest BCUT2D eigenvalue weighted by atomic mass is 10.0. The van der Waals surface area contributed by atoms with E-state index in [0.29, 0.717) is 6.04 Å². The van der Waals surface area contributed by atoms with Crippen molar-refractivity contribution in [1.29, 1.82) is 0 Å². The molecule has 2 aromatic rings. The number of aromatic amines is 1. The number of ether oxygens (including phenoxy) is 1. The van der Waals surface area contributed by atoms with Crippen LogP contribution in [0.15, 0.2) is 18.2 Å². The van der Waals surface area contributed by atoms with Gasteiger partial charge in [0.05, 0.1) is 18.1 Å². The first-order valence-corrected chi connectivity index (χ1v) is 7.22. The highest BCUT2D eigenvalue weighted by atomic mass is 32.1. The molecular formula is C15H22N2OS. The predicted molar refractivity (Wildman–Crippen MR) is 82.5 cm³/mol. The molecule has 104 valence electrons. The standard InChI is InChI=1S/C15H22N2OS/c1-10(2)5-6-11(3)17-14-9-12(18-4)7-8-13(14)16-15(17)19/h7-11H,5-6H2,1-4H3,(H,16,19). The molecular weight excluding hydrogens is 256 g/mol. The summed E-state index contributed by atoms with van der Waals surface area (Å²) in [6, 6.07) is 6.43. The zero-order valence-electron chi connectivity index (χ0n) is 12.1. The number of nitrogens with one attached hydrogen (secondary N) is 1. The van der Waals surface area contributed by atoms with Crippen molar-refractivity contribution in [1.82, 2.24) is 9.55 Å². The Kier molecular flexibility index (Phi) is 4.30. The largest absolute Gasteiger partial charge is 0.497 e. The van der Waals surface area contributed by atoms with Crippen LogP contribution in [0.1, 0.15) is 39.7 Å². The number of nitrogens with zero attached hydrogens (tertiary/aromatic N) is 1. The van der Waals surface area contributed by atoms with E-state index in [0.717, 1.165) is 33.9 Å². The number of hydrogen-bond donors (Lipinski definition) is 1. The normalized spacial score (nSPS) is 13.1. The molecule has 0 fully saturated rings. The fraction of sp³-hybridized carbons (Fsp3) is 0.533. The van der Waals surface area contributed by atoms with Crippen LogP contribution in [-0.4, -0.2) is 16.7 Å². The van der Waals surface area contributed by atoms with Crippen LogP contribution in [0.2, 0.25) is 0 Å². The maximum atomic E-state index is 5.46. The van der Waals surface area contributed by atoms with Gasteiger partial charge in [-0.1, -0.05) is 13.8 Å². The third kappa shape index (κ3) is 3.00. The van der Waals surface area contributed by atoms with Crippen molar-refractivity contribution >= 4 is 23.3 Å². The van der Waals surface area contributed by atoms with Crippen molar-refractivity contribution in [3.05, 3.63) is 23.0 Å². The molecule has 0 aliphatic rings. The number of methoxy groups -OCH3 is 1. The van der Waals surface area contributed by atoms with Crippen LogP contribution in [0, 0.1) is 10.7 Å². The van der Waals surface area contributed by atoms with Gasteiger partial charge in [0.15, 0.2) is 4.77 Å². The van der Waals surface area contributed by atoms with Crippen LogP contribution < -0.4 is 4.74 Å². The van der Waals surface area contributed by atoms with Gasteiger partial charge in [0, 0.05) is 12.1 Å². The van der Waals surface area contributed by atoms with E-state index in [2.05, 4.69) is 30.3 Å². The summed E-state index contributed by atoms with van der Waals surface area (Å²) >= 11 is 5.46. The minimum atomic E-state index is 0.399. The topological polar surface area (TPSA) is 29.9 Å². The molecule has 0 amide bonds. The molecule has 0 spiro atoms. The lowest BCUT2D eigenvalue weighted by molar-refractivity contribution is 0.414. The zero-order chi connectivity index (χ0) is 14.0. The summed E-state index contributed by atoms with van der Waals surface area (Å²) < 4.78 is 8.30. The molecule has 4 heteroatoms. The van der Waals surface area contributed by atoms with Gasteiger partial charge in [0.25, 0.3) is 0 Å². The summed E-state index contributed by atoms with van der Waals surface area (Å²) in [5.74, 6) is 1.59. The highest BCUT2D eigenvalue weighted by Crippen LogP contribution is 2.26. The van der Waals surface area contributed by atoms with Crippen molar-refractivity contribution in [3.63, 3.8) is 0 Å². The number of aromatic nitrogens is 2. The minimum Gasteiger partial charge on any atom is -0.497 e. The molecule has 0 radical (unpaired) electrons. The summed E-state index contributed by atoms with van der Waals surface area (Å²) in [4.78, 5) is 3.27. The minimum absolute atomic E-state index is 0.399. The van der Waals surface area contributed by atoms with Gasteiger partial charge in [0.1, 0.15) is 5.75 Å². The molecule has 2 rings (SSSR count). The molecule has 3 nitrogen and oxygen atoms in total. The smallest absolute Gasteiger partial charge is 0.178 e. The number of hydrogen-bond acceptors (Lipinski definition) is 2. The molecule has 0 saturated carbocycles. The van der Waals surface area contributed by atoms with E-state index in [9.17, 15) is 0 Å². The molecule has 1 atom stereocenters. The molecule has 0 bridgehead atoms. The molecule has 1 aromatic heterocycles. The Morgan fingerprint density at radius 2 is 2.00 bits per heavy atom. The highest BCUT2D eigenvalue weighted by molar-refractivity contribution is 7.71. The number of imidazole rings is 1. The molecule has 19 heavy (non-hydrogen) atoms. The highest BCUT2D eigenvalue weighted by Gasteiger charge is 2.12. The SMILES string of the molecule is COc1ccc2[nH]c(=S)n(C(C)CCC(C)C)c2c1. The van der Waals surface area contributed by atoms with Gasteiger partial charge in [-0.2, -0.15) is 0 Å². The predicted octanol–water partition coefficient (Wildman–Crippen LogP) is 4.70. The summed E-state index contributed by atoms with van der Waals surface area (Å²) in [6.45, 7) is 6.74. The van der Waals surface area contributed by atoms with Crippen LogP contribution in [0.3, 0.4) is 0 Å². The van der Waals surface area contributed by atoms with Crippen LogP contribution in [0.4, 0.5) is 0 Å². The average Bonchev–Trinajstić information content (AvgIpc) is 2.70. The van der Waals surface area contributed by atoms with Gasteiger partial charge in [-0.05, 0) is 50.0 Å². The average molecular weight is 278 g/mol. The van der Waals surface area contributed by atoms with Crippen molar-refractivity contribution < 1.29 is 4.74 Å². The van der Waals surface area contributed by atoms with Gasteiger partial charge in [-0.15, -0.1) is 0 Å². The first-order valence-electron chi connectivity index (χ1n) is 6.81. The lowest BCUT2D eigenvalue weighted by Gasteiger charge is -2.16. The van der Waals surface area contributed by atoms with Crippen LogP contribution in [0.25, 0.3) is 11.0 Å². The van der Waals surface area contributed by atoms with Crippen molar-refractivity contribution in [3.8, 4) is 5.75 Å². The third-order valence-corrected chi connectivity index (χ3v) is 3.83. The van der Waals surface area contributed by atoms with E-state index in [1.807, 2.05) is 18.2 Å². The Morgan fingerprint density at radius 3 is 2.63 bits per heavy atom. The molecule has 0 saturated heterocycles. The summed E-state index contributed by atoms with van der Waals surface area (Å²) in [5.41, 5.74) is 2.20. The lowest BCUT2D eigenvalue weighted by Crippen LogP contribution is -2.06. The first-order chi connectivity index (χ1) is 9.02. The second-order valence-corrected chi connectivity index (χ2v) is 5.89. The number of fused-ring (bicyclic) bond motifs is 1. The Bertz CT molecular complexity index is 612. The van der Waals surface area contributed by atoms with E-state index in [4.69, 9.17) is 17.0 Å². The molecule has 0 aliphatic heterocycles. The second kappa shape index (κ2) is 5.78. The van der Waals surface area contributed by atoms with Crippen molar-refractivity contribution in [2.24, 2.45) is 5.92 Å². The van der Waals surface area contributed by atoms with Crippen molar-refractivity contribution in [2.45, 2.75) is 39.7 Å². The van der Waals surface area contributed by atoms with Gasteiger partial charge in [-0.25, -0.2) is 0 Å². The molecule has 1 N–H and O–H groups in total. The van der Waals surface area contributed by atoms with E-state index >= 15 is 0 Å². The fourth-order valence-corrected chi connectivity index (χ4v) is 2.76. The maximum Gasteiger partial charge on any atom is 0.178 e. The Morgan fingerprint density at radius 1 is 1.26 bits per heavy atom. The van der Waals surface area contributed by atoms with Crippen LogP contribution >= 0.6 is 12.2 Å². The van der Waals surface area contributed by atoms with Crippen molar-refractivity contribution in [2.75, 3.05) is 7.11 Å².